The van der Waals surface area contributed by atoms with Gasteiger partial charge in [-0.3, -0.25) is 9.69 Å². The summed E-state index contributed by atoms with van der Waals surface area (Å²) in [6, 6.07) is 6.53. The number of aromatic carboxylic acids is 1. The van der Waals surface area contributed by atoms with E-state index in [1.54, 1.807) is 24.9 Å². The SMILES string of the molecule is CCc1c(-c2ccc3c(c2)cc(CN(C)C(CF)CF)n3C)[nH]c(=O)c(C(=O)O)c1O. The number of nitrogens with one attached hydrogen (secondary N) is 1. The minimum atomic E-state index is -1.49. The van der Waals surface area contributed by atoms with E-state index in [4.69, 9.17) is 0 Å². The quantitative estimate of drug-likeness (QED) is 0.507. The largest absolute Gasteiger partial charge is 0.506 e. The molecule has 9 heteroatoms. The molecule has 0 saturated heterocycles. The number of hydrogen-bond acceptors (Lipinski definition) is 4. The van der Waals surface area contributed by atoms with E-state index in [1.165, 1.54) is 0 Å². The standard InChI is InChI=1S/C22H25F2N3O4/c1-4-16-19(25-21(29)18(20(16)28)22(30)31)12-5-6-17-13(7-12)8-14(27(17)3)11-26(2)15(9-23)10-24/h5-8,15H,4,9-11H2,1-3H3,(H,30,31)(H2,25,28,29). The van der Waals surface area contributed by atoms with Crippen molar-refractivity contribution in [1.29, 1.82) is 0 Å². The van der Waals surface area contributed by atoms with Crippen LogP contribution in [0.25, 0.3) is 22.2 Å². The van der Waals surface area contributed by atoms with Crippen molar-refractivity contribution in [2.75, 3.05) is 20.4 Å². The van der Waals surface area contributed by atoms with Gasteiger partial charge in [0.25, 0.3) is 5.56 Å². The molecule has 0 atom stereocenters. The molecule has 0 aliphatic carbocycles. The maximum Gasteiger partial charge on any atom is 0.345 e. The third-order valence-electron chi connectivity index (χ3n) is 5.68. The Labute approximate surface area is 177 Å². The maximum atomic E-state index is 13.0. The zero-order chi connectivity index (χ0) is 22.9. The summed E-state index contributed by atoms with van der Waals surface area (Å²) in [5, 5.41) is 20.4. The summed E-state index contributed by atoms with van der Waals surface area (Å²) in [5.41, 5.74) is 1.49. The first-order valence-electron chi connectivity index (χ1n) is 9.85. The molecule has 2 aromatic heterocycles. The van der Waals surface area contributed by atoms with Crippen LogP contribution >= 0.6 is 0 Å². The van der Waals surface area contributed by atoms with Crippen LogP contribution in [0.1, 0.15) is 28.5 Å². The first-order chi connectivity index (χ1) is 14.7. The van der Waals surface area contributed by atoms with Gasteiger partial charge in [0.05, 0.1) is 11.7 Å². The van der Waals surface area contributed by atoms with Crippen LogP contribution in [0.3, 0.4) is 0 Å². The van der Waals surface area contributed by atoms with Crippen molar-refractivity contribution >= 4 is 16.9 Å². The highest BCUT2D eigenvalue weighted by molar-refractivity contribution is 5.92. The summed E-state index contributed by atoms with van der Waals surface area (Å²) in [5.74, 6) is -2.03. The van der Waals surface area contributed by atoms with Crippen molar-refractivity contribution in [3.05, 3.63) is 51.4 Å². The van der Waals surface area contributed by atoms with E-state index in [0.29, 0.717) is 29.8 Å². The Morgan fingerprint density at radius 1 is 1.26 bits per heavy atom. The smallest absolute Gasteiger partial charge is 0.345 e. The number of aryl methyl sites for hydroxylation is 1. The molecule has 2 heterocycles. The molecule has 3 N–H and O–H groups in total. The Morgan fingerprint density at radius 3 is 2.52 bits per heavy atom. The van der Waals surface area contributed by atoms with Crippen LogP contribution in [-0.2, 0) is 20.0 Å². The van der Waals surface area contributed by atoms with Gasteiger partial charge in [-0.2, -0.15) is 0 Å². The number of alkyl halides is 2. The number of pyridine rings is 1. The fourth-order valence-corrected chi connectivity index (χ4v) is 3.79. The normalized spacial score (nSPS) is 11.7. The lowest BCUT2D eigenvalue weighted by Crippen LogP contribution is -2.35. The molecule has 31 heavy (non-hydrogen) atoms. The van der Waals surface area contributed by atoms with Crippen LogP contribution in [0.4, 0.5) is 8.78 Å². The number of benzene rings is 1. The van der Waals surface area contributed by atoms with Crippen molar-refractivity contribution in [1.82, 2.24) is 14.5 Å². The predicted molar refractivity (Wildman–Crippen MR) is 114 cm³/mol. The molecule has 3 rings (SSSR count). The molecule has 166 valence electrons. The van der Waals surface area contributed by atoms with Crippen molar-refractivity contribution in [2.24, 2.45) is 7.05 Å². The molecule has 0 radical (unpaired) electrons. The van der Waals surface area contributed by atoms with E-state index in [2.05, 4.69) is 4.98 Å². The van der Waals surface area contributed by atoms with E-state index in [0.717, 1.165) is 16.6 Å². The number of rotatable bonds is 8. The fraction of sp³-hybridized carbons (Fsp3) is 0.364. The Hall–Kier alpha value is -3.20. The number of fused-ring (bicyclic) bond motifs is 1. The number of carbonyl (C=O) groups is 1. The molecular weight excluding hydrogens is 408 g/mol. The highest BCUT2D eigenvalue weighted by Crippen LogP contribution is 2.32. The molecule has 7 nitrogen and oxygen atoms in total. The third-order valence-corrected chi connectivity index (χ3v) is 5.68. The average molecular weight is 433 g/mol. The first-order valence-corrected chi connectivity index (χ1v) is 9.85. The third kappa shape index (κ3) is 4.05. The van der Waals surface area contributed by atoms with E-state index < -0.39 is 42.2 Å². The predicted octanol–water partition coefficient (Wildman–Crippen LogP) is 3.24. The summed E-state index contributed by atoms with van der Waals surface area (Å²) in [4.78, 5) is 27.8. The Kier molecular flexibility index (Phi) is 6.45. The molecule has 0 saturated carbocycles. The van der Waals surface area contributed by atoms with E-state index in [1.807, 2.05) is 29.8 Å². The van der Waals surface area contributed by atoms with Gasteiger partial charge < -0.3 is 19.8 Å². The lowest BCUT2D eigenvalue weighted by molar-refractivity contribution is 0.0691. The first kappa shape index (κ1) is 22.5. The monoisotopic (exact) mass is 433 g/mol. The fourth-order valence-electron chi connectivity index (χ4n) is 3.79. The minimum absolute atomic E-state index is 0.314. The summed E-state index contributed by atoms with van der Waals surface area (Å²) in [7, 11) is 3.52. The molecule has 0 bridgehead atoms. The van der Waals surface area contributed by atoms with Crippen LogP contribution in [0, 0.1) is 0 Å². The highest BCUT2D eigenvalue weighted by Gasteiger charge is 2.22. The lowest BCUT2D eigenvalue weighted by atomic mass is 9.99. The van der Waals surface area contributed by atoms with Crippen LogP contribution in [0.5, 0.6) is 5.75 Å². The van der Waals surface area contributed by atoms with E-state index in [-0.39, 0.29) is 0 Å². The van der Waals surface area contributed by atoms with Crippen molar-refractivity contribution in [3.8, 4) is 17.0 Å². The van der Waals surface area contributed by atoms with Gasteiger partial charge in [-0.05, 0) is 37.2 Å². The molecule has 1 aromatic carbocycles. The number of aromatic amines is 1. The summed E-state index contributed by atoms with van der Waals surface area (Å²) < 4.78 is 27.9. The summed E-state index contributed by atoms with van der Waals surface area (Å²) in [6.45, 7) is 0.558. The molecule has 0 aliphatic rings. The molecule has 0 spiro atoms. The minimum Gasteiger partial charge on any atom is -0.506 e. The van der Waals surface area contributed by atoms with Gasteiger partial charge >= 0.3 is 5.97 Å². The van der Waals surface area contributed by atoms with Gasteiger partial charge in [-0.1, -0.05) is 13.0 Å². The molecule has 0 amide bonds. The molecule has 0 aliphatic heterocycles. The van der Waals surface area contributed by atoms with Gasteiger partial charge in [-0.15, -0.1) is 0 Å². The number of H-pyrrole nitrogens is 1. The second kappa shape index (κ2) is 8.89. The van der Waals surface area contributed by atoms with Gasteiger partial charge in [0, 0.05) is 35.8 Å². The van der Waals surface area contributed by atoms with Crippen molar-refractivity contribution < 1.29 is 23.8 Å². The van der Waals surface area contributed by atoms with Crippen LogP contribution in [-0.4, -0.2) is 57.1 Å². The highest BCUT2D eigenvalue weighted by atomic mass is 19.1. The van der Waals surface area contributed by atoms with Crippen LogP contribution in [0.2, 0.25) is 0 Å². The summed E-state index contributed by atoms with van der Waals surface area (Å²) in [6.07, 6.45) is 0.314. The number of carboxylic acids is 1. The Bertz CT molecular complexity index is 1180. The van der Waals surface area contributed by atoms with Crippen molar-refractivity contribution in [2.45, 2.75) is 25.9 Å². The second-order valence-electron chi connectivity index (χ2n) is 7.54. The Balaban J connectivity index is 2.08. The molecule has 0 fully saturated rings. The number of aromatic nitrogens is 2. The van der Waals surface area contributed by atoms with Gasteiger partial charge in [0.1, 0.15) is 19.1 Å². The molecular formula is C22H25F2N3O4. The van der Waals surface area contributed by atoms with E-state index in [9.17, 15) is 28.6 Å². The zero-order valence-corrected chi connectivity index (χ0v) is 17.6. The lowest BCUT2D eigenvalue weighted by Gasteiger charge is -2.23. The van der Waals surface area contributed by atoms with Crippen molar-refractivity contribution in [3.63, 3.8) is 0 Å². The van der Waals surface area contributed by atoms with E-state index >= 15 is 0 Å². The molecule has 3 aromatic rings. The van der Waals surface area contributed by atoms with Gasteiger partial charge in [0.15, 0.2) is 5.56 Å². The number of aromatic hydroxyl groups is 1. The average Bonchev–Trinajstić information content (AvgIpc) is 3.03. The number of nitrogens with zero attached hydrogens (tertiary/aromatic N) is 2. The van der Waals surface area contributed by atoms with Gasteiger partial charge in [-0.25, -0.2) is 13.6 Å². The van der Waals surface area contributed by atoms with Crippen LogP contribution in [0.15, 0.2) is 29.1 Å². The number of halogens is 2. The maximum absolute atomic E-state index is 13.0. The summed E-state index contributed by atoms with van der Waals surface area (Å²) >= 11 is 0. The molecule has 0 unspecified atom stereocenters. The number of carboxylic acid groups (broad SMARTS) is 1. The zero-order valence-electron chi connectivity index (χ0n) is 17.6. The van der Waals surface area contributed by atoms with Gasteiger partial charge in [0.2, 0.25) is 0 Å². The van der Waals surface area contributed by atoms with Crippen LogP contribution < -0.4 is 5.56 Å². The topological polar surface area (TPSA) is 98.6 Å². The second-order valence-corrected chi connectivity index (χ2v) is 7.54. The Morgan fingerprint density at radius 2 is 1.94 bits per heavy atom. The number of hydrogen-bond donors (Lipinski definition) is 3.